The minimum absolute atomic E-state index is 0.0559. The van der Waals surface area contributed by atoms with Crippen molar-refractivity contribution in [2.75, 3.05) is 18.1 Å². The Labute approximate surface area is 126 Å². The third kappa shape index (κ3) is 3.21. The summed E-state index contributed by atoms with van der Waals surface area (Å²) >= 11 is 0. The molecule has 4 nitrogen and oxygen atoms in total. The van der Waals surface area contributed by atoms with Crippen LogP contribution < -0.4 is 15.4 Å². The normalized spacial score (nSPS) is 21.4. The fourth-order valence-electron chi connectivity index (χ4n) is 3.44. The van der Waals surface area contributed by atoms with Gasteiger partial charge in [0.25, 0.3) is 0 Å². The van der Waals surface area contributed by atoms with Crippen LogP contribution in [-0.4, -0.2) is 25.1 Å². The van der Waals surface area contributed by atoms with Crippen LogP contribution in [0.15, 0.2) is 24.3 Å². The van der Waals surface area contributed by atoms with Crippen molar-refractivity contribution in [1.29, 1.82) is 0 Å². The second-order valence-electron chi connectivity index (χ2n) is 6.13. The molecule has 114 valence electrons. The van der Waals surface area contributed by atoms with Crippen LogP contribution in [0.5, 0.6) is 5.75 Å². The fraction of sp³-hybridized carbons (Fsp3) is 0.588. The molecule has 2 aliphatic rings. The Morgan fingerprint density at radius 2 is 2.00 bits per heavy atom. The van der Waals surface area contributed by atoms with Gasteiger partial charge in [0.2, 0.25) is 5.91 Å². The third-order valence-electron chi connectivity index (χ3n) is 4.68. The lowest BCUT2D eigenvalue weighted by atomic mass is 9.84. The van der Waals surface area contributed by atoms with Gasteiger partial charge in [-0.3, -0.25) is 4.79 Å². The maximum absolute atomic E-state index is 12.4. The van der Waals surface area contributed by atoms with E-state index < -0.39 is 0 Å². The van der Waals surface area contributed by atoms with E-state index in [9.17, 15) is 4.79 Å². The van der Waals surface area contributed by atoms with Gasteiger partial charge < -0.3 is 15.4 Å². The maximum atomic E-state index is 12.4. The zero-order chi connectivity index (χ0) is 14.7. The van der Waals surface area contributed by atoms with Crippen LogP contribution in [0.25, 0.3) is 0 Å². The number of fused-ring (bicyclic) bond motifs is 1. The zero-order valence-corrected chi connectivity index (χ0v) is 12.5. The van der Waals surface area contributed by atoms with Gasteiger partial charge >= 0.3 is 0 Å². The Kier molecular flexibility index (Phi) is 4.44. The molecule has 1 aliphatic heterocycles. The topological polar surface area (TPSA) is 55.6 Å². The van der Waals surface area contributed by atoms with Gasteiger partial charge in [0.15, 0.2) is 0 Å². The molecule has 1 fully saturated rings. The smallest absolute Gasteiger partial charge is 0.230 e. The van der Waals surface area contributed by atoms with Gasteiger partial charge in [-0.05, 0) is 30.9 Å². The van der Waals surface area contributed by atoms with Crippen LogP contribution in [0.4, 0.5) is 5.69 Å². The molecule has 1 aromatic carbocycles. The molecule has 1 atom stereocenters. The average Bonchev–Trinajstić information content (AvgIpc) is 2.68. The lowest BCUT2D eigenvalue weighted by Gasteiger charge is -2.32. The maximum Gasteiger partial charge on any atom is 0.230 e. The van der Waals surface area contributed by atoms with Crippen molar-refractivity contribution < 1.29 is 9.53 Å². The van der Waals surface area contributed by atoms with Gasteiger partial charge in [-0.15, -0.1) is 0 Å². The molecule has 1 saturated carbocycles. The van der Waals surface area contributed by atoms with E-state index in [1.54, 1.807) is 0 Å². The van der Waals surface area contributed by atoms with E-state index >= 15 is 0 Å². The summed E-state index contributed by atoms with van der Waals surface area (Å²) in [7, 11) is 0. The molecule has 1 amide bonds. The Balaban J connectivity index is 1.77. The largest absolute Gasteiger partial charge is 0.491 e. The highest BCUT2D eigenvalue weighted by Crippen LogP contribution is 2.32. The van der Waals surface area contributed by atoms with Crippen LogP contribution in [0, 0.1) is 5.92 Å². The molecule has 0 saturated heterocycles. The summed E-state index contributed by atoms with van der Waals surface area (Å²) in [5.74, 6) is 1.45. The molecule has 1 aromatic rings. The van der Waals surface area contributed by atoms with Gasteiger partial charge in [-0.2, -0.15) is 0 Å². The van der Waals surface area contributed by atoms with Crippen molar-refractivity contribution >= 4 is 11.6 Å². The minimum atomic E-state index is 0.0559. The van der Waals surface area contributed by atoms with E-state index in [0.29, 0.717) is 25.5 Å². The van der Waals surface area contributed by atoms with E-state index in [1.165, 1.54) is 32.1 Å². The van der Waals surface area contributed by atoms with Crippen molar-refractivity contribution in [3.8, 4) is 5.75 Å². The molecule has 4 heteroatoms. The second-order valence-corrected chi connectivity index (χ2v) is 6.13. The summed E-state index contributed by atoms with van der Waals surface area (Å²) in [6.45, 7) is 1.05. The van der Waals surface area contributed by atoms with Crippen LogP contribution in [0.1, 0.15) is 38.5 Å². The predicted molar refractivity (Wildman–Crippen MR) is 83.5 cm³/mol. The standard InChI is InChI=1S/C17H24N2O2/c18-14(13-6-2-1-3-7-13)12-19-15-8-4-5-9-16(15)21-11-10-17(19)20/h4-5,8-9,13-14H,1-3,6-7,10-12,18H2. The van der Waals surface area contributed by atoms with E-state index in [0.717, 1.165) is 11.4 Å². The van der Waals surface area contributed by atoms with Crippen molar-refractivity contribution in [2.24, 2.45) is 11.7 Å². The Morgan fingerprint density at radius 3 is 2.81 bits per heavy atom. The van der Waals surface area contributed by atoms with Gasteiger partial charge in [0, 0.05) is 12.6 Å². The highest BCUT2D eigenvalue weighted by atomic mass is 16.5. The van der Waals surface area contributed by atoms with E-state index in [1.807, 2.05) is 29.2 Å². The average molecular weight is 288 g/mol. The van der Waals surface area contributed by atoms with E-state index in [-0.39, 0.29) is 11.9 Å². The first-order valence-corrected chi connectivity index (χ1v) is 8.03. The van der Waals surface area contributed by atoms with E-state index in [2.05, 4.69) is 0 Å². The van der Waals surface area contributed by atoms with E-state index in [4.69, 9.17) is 10.5 Å². The molecular weight excluding hydrogens is 264 g/mol. The van der Waals surface area contributed by atoms with Gasteiger partial charge in [0.1, 0.15) is 5.75 Å². The highest BCUT2D eigenvalue weighted by Gasteiger charge is 2.28. The molecule has 21 heavy (non-hydrogen) atoms. The molecule has 1 heterocycles. The number of rotatable bonds is 3. The second kappa shape index (κ2) is 6.48. The Bertz CT molecular complexity index is 497. The highest BCUT2D eigenvalue weighted by molar-refractivity contribution is 5.95. The molecule has 3 rings (SSSR count). The molecule has 0 aromatic heterocycles. The van der Waals surface area contributed by atoms with Gasteiger partial charge in [-0.25, -0.2) is 0 Å². The first-order chi connectivity index (χ1) is 10.3. The van der Waals surface area contributed by atoms with Crippen molar-refractivity contribution in [3.05, 3.63) is 24.3 Å². The predicted octanol–water partition coefficient (Wildman–Crippen LogP) is 2.71. The summed E-state index contributed by atoms with van der Waals surface area (Å²) in [5, 5.41) is 0. The number of nitrogens with two attached hydrogens (primary N) is 1. The molecule has 2 N–H and O–H groups in total. The Hall–Kier alpha value is -1.55. The Morgan fingerprint density at radius 1 is 1.24 bits per heavy atom. The van der Waals surface area contributed by atoms with Crippen molar-refractivity contribution in [2.45, 2.75) is 44.6 Å². The number of nitrogens with zero attached hydrogens (tertiary/aromatic N) is 1. The molecular formula is C17H24N2O2. The molecule has 1 aliphatic carbocycles. The third-order valence-corrected chi connectivity index (χ3v) is 4.68. The van der Waals surface area contributed by atoms with Crippen molar-refractivity contribution in [1.82, 2.24) is 0 Å². The number of ether oxygens (including phenoxy) is 1. The van der Waals surface area contributed by atoms with Crippen LogP contribution >= 0.6 is 0 Å². The number of para-hydroxylation sites is 2. The lowest BCUT2D eigenvalue weighted by molar-refractivity contribution is -0.118. The lowest BCUT2D eigenvalue weighted by Crippen LogP contribution is -2.45. The van der Waals surface area contributed by atoms with Crippen LogP contribution in [0.2, 0.25) is 0 Å². The molecule has 0 radical (unpaired) electrons. The summed E-state index contributed by atoms with van der Waals surface area (Å²) in [6.07, 6.45) is 6.68. The van der Waals surface area contributed by atoms with Gasteiger partial charge in [-0.1, -0.05) is 31.4 Å². The number of anilines is 1. The van der Waals surface area contributed by atoms with Crippen molar-refractivity contribution in [3.63, 3.8) is 0 Å². The summed E-state index contributed by atoms with van der Waals surface area (Å²) < 4.78 is 5.67. The SMILES string of the molecule is NC(CN1C(=O)CCOc2ccccc21)C1CCCCC1. The number of benzene rings is 1. The number of carbonyl (C=O) groups is 1. The summed E-state index contributed by atoms with van der Waals surface area (Å²) in [5.41, 5.74) is 7.28. The number of amides is 1. The first kappa shape index (κ1) is 14.4. The van der Waals surface area contributed by atoms with Crippen LogP contribution in [-0.2, 0) is 4.79 Å². The molecule has 0 spiro atoms. The summed E-state index contributed by atoms with van der Waals surface area (Å²) in [4.78, 5) is 14.2. The fourth-order valence-corrected chi connectivity index (χ4v) is 3.44. The quantitative estimate of drug-likeness (QED) is 0.930. The monoisotopic (exact) mass is 288 g/mol. The summed E-state index contributed by atoms with van der Waals surface area (Å²) in [6, 6.07) is 7.81. The van der Waals surface area contributed by atoms with Crippen LogP contribution in [0.3, 0.4) is 0 Å². The number of hydrogen-bond donors (Lipinski definition) is 1. The van der Waals surface area contributed by atoms with Gasteiger partial charge in [0.05, 0.1) is 18.7 Å². The first-order valence-electron chi connectivity index (χ1n) is 8.03. The minimum Gasteiger partial charge on any atom is -0.491 e. The number of hydrogen-bond acceptors (Lipinski definition) is 3. The molecule has 0 bridgehead atoms. The molecule has 1 unspecified atom stereocenters. The number of carbonyl (C=O) groups excluding carboxylic acids is 1. The zero-order valence-electron chi connectivity index (χ0n) is 12.5.